The highest BCUT2D eigenvalue weighted by Crippen LogP contribution is 2.27. The maximum Gasteiger partial charge on any atom is 0.336 e. The van der Waals surface area contributed by atoms with Crippen LogP contribution in [0.25, 0.3) is 11.0 Å². The molecule has 2 rings (SSSR count). The fourth-order valence-electron chi connectivity index (χ4n) is 1.47. The van der Waals surface area contributed by atoms with Gasteiger partial charge in [-0.1, -0.05) is 0 Å². The van der Waals surface area contributed by atoms with Crippen molar-refractivity contribution in [2.45, 2.75) is 6.92 Å². The van der Waals surface area contributed by atoms with Crippen molar-refractivity contribution in [1.29, 1.82) is 0 Å². The quantitative estimate of drug-likeness (QED) is 0.657. The van der Waals surface area contributed by atoms with Crippen LogP contribution in [0.3, 0.4) is 0 Å². The van der Waals surface area contributed by atoms with E-state index >= 15 is 0 Å². The lowest BCUT2D eigenvalue weighted by molar-refractivity contribution is 0.509. The third kappa shape index (κ3) is 2.32. The number of fused-ring (bicyclic) bond motifs is 1. The van der Waals surface area contributed by atoms with Gasteiger partial charge in [0.25, 0.3) is 0 Å². The van der Waals surface area contributed by atoms with E-state index in [1.165, 1.54) is 6.07 Å². The van der Waals surface area contributed by atoms with E-state index in [2.05, 4.69) is 11.8 Å². The van der Waals surface area contributed by atoms with Crippen LogP contribution in [0.15, 0.2) is 33.5 Å². The molecule has 0 radical (unpaired) electrons. The Morgan fingerprint density at radius 3 is 2.88 bits per heavy atom. The molecule has 0 saturated heterocycles. The van der Waals surface area contributed by atoms with E-state index in [4.69, 9.17) is 13.8 Å². The van der Waals surface area contributed by atoms with Crippen molar-refractivity contribution in [3.8, 4) is 5.75 Å². The Balaban J connectivity index is 2.61. The Kier molecular flexibility index (Phi) is 3.10. The molecule has 4 nitrogen and oxygen atoms in total. The molecule has 0 amide bonds. The van der Waals surface area contributed by atoms with Gasteiger partial charge in [-0.15, -0.1) is 0 Å². The molecule has 1 N–H and O–H groups in total. The molecule has 16 heavy (non-hydrogen) atoms. The van der Waals surface area contributed by atoms with Gasteiger partial charge in [-0.3, -0.25) is 0 Å². The molecule has 0 bridgehead atoms. The summed E-state index contributed by atoms with van der Waals surface area (Å²) < 4.78 is 10.0. The lowest BCUT2D eigenvalue weighted by Crippen LogP contribution is -1.97. The molecule has 1 aromatic carbocycles. The van der Waals surface area contributed by atoms with Crippen molar-refractivity contribution in [2.75, 3.05) is 0 Å². The first-order valence-corrected chi connectivity index (χ1v) is 7.00. The minimum atomic E-state index is -2.21. The van der Waals surface area contributed by atoms with E-state index in [9.17, 15) is 4.79 Å². The van der Waals surface area contributed by atoms with Gasteiger partial charge in [0.15, 0.2) is 0 Å². The van der Waals surface area contributed by atoms with Crippen molar-refractivity contribution < 1.29 is 13.8 Å². The lowest BCUT2D eigenvalue weighted by atomic mass is 10.1. The Morgan fingerprint density at radius 2 is 2.19 bits per heavy atom. The third-order valence-electron chi connectivity index (χ3n) is 2.13. The van der Waals surface area contributed by atoms with Crippen LogP contribution in [0.4, 0.5) is 0 Å². The number of hydrogen-bond donors (Lipinski definition) is 1. The summed E-state index contributed by atoms with van der Waals surface area (Å²) in [7, 11) is -2.21. The Bertz CT molecular complexity index is 620. The van der Waals surface area contributed by atoms with Crippen LogP contribution in [0.1, 0.15) is 5.56 Å². The molecule has 84 valence electrons. The monoisotopic (exact) mass is 256 g/mol. The summed E-state index contributed by atoms with van der Waals surface area (Å²) in [4.78, 5) is 20.2. The van der Waals surface area contributed by atoms with E-state index < -0.39 is 12.8 Å². The van der Waals surface area contributed by atoms with Crippen LogP contribution in [0.5, 0.6) is 5.75 Å². The largest absolute Gasteiger partial charge is 0.446 e. The van der Waals surface area contributed by atoms with Gasteiger partial charge in [-0.05, 0) is 36.4 Å². The zero-order valence-corrected chi connectivity index (χ0v) is 10.2. The average Bonchev–Trinajstić information content (AvgIpc) is 2.15. The summed E-state index contributed by atoms with van der Waals surface area (Å²) in [5.74, 6) is 0.410. The van der Waals surface area contributed by atoms with Crippen LogP contribution < -0.4 is 10.1 Å². The van der Waals surface area contributed by atoms with Gasteiger partial charge in [0.05, 0.1) is 0 Å². The minimum absolute atomic E-state index is 0.407. The highest BCUT2D eigenvalue weighted by Gasteiger charge is 2.04. The standard InChI is InChI=1S/C10H9O4PS/c1-6-4-10(11)13-9-5-7(14-15(12)16)2-3-8(6)9/h2-5,15H,1H3,(H,12,16). The molecule has 0 aliphatic heterocycles. The third-order valence-corrected chi connectivity index (χ3v) is 2.79. The van der Waals surface area contributed by atoms with Crippen LogP contribution in [-0.2, 0) is 11.8 Å². The van der Waals surface area contributed by atoms with Gasteiger partial charge in [-0.2, -0.15) is 0 Å². The topological polar surface area (TPSA) is 59.7 Å². The molecule has 1 atom stereocenters. The summed E-state index contributed by atoms with van der Waals surface area (Å²) in [5, 5.41) is 0.836. The maximum absolute atomic E-state index is 11.2. The zero-order valence-electron chi connectivity index (χ0n) is 8.39. The van der Waals surface area contributed by atoms with E-state index in [1.807, 2.05) is 6.92 Å². The SMILES string of the molecule is Cc1cc(=O)oc2cc(O[PH](O)=S)ccc12. The lowest BCUT2D eigenvalue weighted by Gasteiger charge is -2.05. The van der Waals surface area contributed by atoms with Gasteiger partial charge in [0.1, 0.15) is 11.3 Å². The first-order valence-electron chi connectivity index (χ1n) is 4.51. The van der Waals surface area contributed by atoms with Crippen molar-refractivity contribution in [3.05, 3.63) is 40.2 Å². The van der Waals surface area contributed by atoms with Gasteiger partial charge < -0.3 is 13.8 Å². The van der Waals surface area contributed by atoms with E-state index in [0.717, 1.165) is 10.9 Å². The molecule has 1 heterocycles. The first-order chi connectivity index (χ1) is 7.56. The highest BCUT2D eigenvalue weighted by atomic mass is 32.4. The molecule has 0 saturated carbocycles. The predicted octanol–water partition coefficient (Wildman–Crippen LogP) is 1.98. The first kappa shape index (κ1) is 11.3. The molecular formula is C10H9O4PS. The fraction of sp³-hybridized carbons (Fsp3) is 0.100. The second-order valence-electron chi connectivity index (χ2n) is 3.27. The summed E-state index contributed by atoms with van der Waals surface area (Å²) in [5.41, 5.74) is 0.863. The summed E-state index contributed by atoms with van der Waals surface area (Å²) in [6, 6.07) is 6.43. The second kappa shape index (κ2) is 4.37. The Morgan fingerprint density at radius 1 is 1.44 bits per heavy atom. The summed E-state index contributed by atoms with van der Waals surface area (Å²) >= 11 is 4.58. The van der Waals surface area contributed by atoms with Gasteiger partial charge >= 0.3 is 5.63 Å². The smallest absolute Gasteiger partial charge is 0.336 e. The van der Waals surface area contributed by atoms with Crippen molar-refractivity contribution in [1.82, 2.24) is 0 Å². The summed E-state index contributed by atoms with van der Waals surface area (Å²) in [6.45, 7) is 1.83. The second-order valence-corrected chi connectivity index (χ2v) is 5.06. The molecule has 6 heteroatoms. The highest BCUT2D eigenvalue weighted by molar-refractivity contribution is 8.00. The maximum atomic E-state index is 11.2. The molecule has 0 fully saturated rings. The van der Waals surface area contributed by atoms with Gasteiger partial charge in [0.2, 0.25) is 7.15 Å². The van der Waals surface area contributed by atoms with E-state index in [-0.39, 0.29) is 0 Å². The van der Waals surface area contributed by atoms with E-state index in [0.29, 0.717) is 11.3 Å². The van der Waals surface area contributed by atoms with Crippen molar-refractivity contribution in [3.63, 3.8) is 0 Å². The molecule has 0 aliphatic rings. The van der Waals surface area contributed by atoms with Gasteiger partial charge in [0, 0.05) is 17.5 Å². The predicted molar refractivity (Wildman–Crippen MR) is 65.7 cm³/mol. The number of rotatable bonds is 2. The zero-order chi connectivity index (χ0) is 11.7. The fourth-order valence-corrected chi connectivity index (χ4v) is 2.09. The molecule has 1 aromatic heterocycles. The Labute approximate surface area is 97.1 Å². The molecular weight excluding hydrogens is 247 g/mol. The van der Waals surface area contributed by atoms with Crippen LogP contribution in [0.2, 0.25) is 0 Å². The van der Waals surface area contributed by atoms with Crippen molar-refractivity contribution in [2.24, 2.45) is 0 Å². The molecule has 0 aliphatic carbocycles. The summed E-state index contributed by atoms with van der Waals surface area (Å²) in [6.07, 6.45) is 0. The van der Waals surface area contributed by atoms with Crippen LogP contribution in [0, 0.1) is 6.92 Å². The normalized spacial score (nSPS) is 12.6. The number of hydrogen-bond acceptors (Lipinski definition) is 4. The molecule has 0 spiro atoms. The molecule has 2 aromatic rings. The average molecular weight is 256 g/mol. The van der Waals surface area contributed by atoms with Crippen LogP contribution in [-0.4, -0.2) is 4.89 Å². The van der Waals surface area contributed by atoms with Crippen LogP contribution >= 0.6 is 7.15 Å². The van der Waals surface area contributed by atoms with E-state index in [1.54, 1.807) is 18.2 Å². The molecule has 1 unspecified atom stereocenters. The minimum Gasteiger partial charge on any atom is -0.446 e. The number of benzene rings is 1. The van der Waals surface area contributed by atoms with Crippen molar-refractivity contribution >= 4 is 29.9 Å². The Hall–Kier alpha value is -1.16. The van der Waals surface area contributed by atoms with Gasteiger partial charge in [-0.25, -0.2) is 4.79 Å². The number of aryl methyl sites for hydroxylation is 1.